The third kappa shape index (κ3) is 6.25. The molecule has 2 aromatic carbocycles. The van der Waals surface area contributed by atoms with E-state index in [9.17, 15) is 31.2 Å². The number of hydrogen-bond acceptors (Lipinski definition) is 5. The molecule has 8 nitrogen and oxygen atoms in total. The first-order valence-corrected chi connectivity index (χ1v) is 13.7. The number of halogens is 3. The third-order valence-electron chi connectivity index (χ3n) is 6.37. The lowest BCUT2D eigenvalue weighted by Crippen LogP contribution is -2.48. The lowest BCUT2D eigenvalue weighted by atomic mass is 10.0. The van der Waals surface area contributed by atoms with Gasteiger partial charge in [-0.05, 0) is 43.4 Å². The van der Waals surface area contributed by atoms with Crippen LogP contribution in [0.1, 0.15) is 15.9 Å². The highest BCUT2D eigenvalue weighted by Gasteiger charge is 2.34. The molecule has 2 amide bonds. The van der Waals surface area contributed by atoms with E-state index < -0.39 is 27.5 Å². The van der Waals surface area contributed by atoms with Crippen LogP contribution in [0, 0.1) is 0 Å². The Balaban J connectivity index is 1.67. The molecule has 4 rings (SSSR count). The zero-order chi connectivity index (χ0) is 27.7. The fourth-order valence-corrected chi connectivity index (χ4v) is 4.87. The van der Waals surface area contributed by atoms with Crippen molar-refractivity contribution in [1.82, 2.24) is 14.4 Å². The van der Waals surface area contributed by atoms with E-state index in [-0.39, 0.29) is 34.2 Å². The largest absolute Gasteiger partial charge is 0.417 e. The Morgan fingerprint density at radius 1 is 0.974 bits per heavy atom. The highest BCUT2D eigenvalue weighted by molar-refractivity contribution is 7.90. The third-order valence-corrected chi connectivity index (χ3v) is 7.50. The smallest absolute Gasteiger partial charge is 0.339 e. The van der Waals surface area contributed by atoms with Crippen molar-refractivity contribution in [2.45, 2.75) is 17.6 Å². The minimum atomic E-state index is -4.64. The molecule has 1 fully saturated rings. The normalized spacial score (nSPS) is 14.9. The van der Waals surface area contributed by atoms with E-state index >= 15 is 0 Å². The van der Waals surface area contributed by atoms with Gasteiger partial charge in [0.2, 0.25) is 5.91 Å². The number of rotatable bonds is 6. The molecule has 0 radical (unpaired) electrons. The second-order valence-corrected chi connectivity index (χ2v) is 11.2. The number of alkyl halides is 3. The van der Waals surface area contributed by atoms with Crippen LogP contribution < -0.4 is 5.32 Å². The first kappa shape index (κ1) is 27.4. The molecular formula is C26H27F3N4O4S. The number of likely N-dealkylation sites (N-methyl/N-ethyl adjacent to an activating group) is 1. The number of hydrogen-bond donors (Lipinski definition) is 1. The first-order valence-electron chi connectivity index (χ1n) is 11.8. The second-order valence-electron chi connectivity index (χ2n) is 9.22. The van der Waals surface area contributed by atoms with Crippen molar-refractivity contribution in [3.8, 4) is 11.3 Å². The Kier molecular flexibility index (Phi) is 7.65. The molecule has 0 aliphatic carbocycles. The van der Waals surface area contributed by atoms with Gasteiger partial charge in [-0.2, -0.15) is 13.2 Å². The highest BCUT2D eigenvalue weighted by Crippen LogP contribution is 2.37. The number of aromatic nitrogens is 1. The number of carbonyl (C=O) groups excluding carboxylic acids is 2. The zero-order valence-corrected chi connectivity index (χ0v) is 21.6. The standard InChI is InChI=1S/C26H27F3N4O4S/c1-31-11-13-32(14-12-31)24(34)17-33-16-18(15-23(33)21-5-3-4-6-22(21)26(27,28)29)25(35)30-19-7-9-20(10-8-19)38(2,36)37/h3-10,15-16H,11-14,17H2,1-2H3,(H,30,35). The minimum Gasteiger partial charge on any atom is -0.339 e. The van der Waals surface area contributed by atoms with Crippen molar-refractivity contribution in [3.05, 3.63) is 71.9 Å². The molecule has 0 saturated carbocycles. The Morgan fingerprint density at radius 2 is 1.61 bits per heavy atom. The van der Waals surface area contributed by atoms with Crippen molar-refractivity contribution in [1.29, 1.82) is 0 Å². The average molecular weight is 549 g/mol. The summed E-state index contributed by atoms with van der Waals surface area (Å²) in [5.41, 5.74) is -0.591. The predicted octanol–water partition coefficient (Wildman–Crippen LogP) is 3.60. The number of carbonyl (C=O) groups is 2. The fraction of sp³-hybridized carbons (Fsp3) is 0.308. The molecular weight excluding hydrogens is 521 g/mol. The summed E-state index contributed by atoms with van der Waals surface area (Å²) >= 11 is 0. The van der Waals surface area contributed by atoms with Crippen molar-refractivity contribution in [2.24, 2.45) is 0 Å². The van der Waals surface area contributed by atoms with Crippen LogP contribution in [0.25, 0.3) is 11.3 Å². The monoisotopic (exact) mass is 548 g/mol. The molecule has 0 spiro atoms. The lowest BCUT2D eigenvalue weighted by Gasteiger charge is -2.32. The van der Waals surface area contributed by atoms with Crippen molar-refractivity contribution >= 4 is 27.3 Å². The topological polar surface area (TPSA) is 91.7 Å². The number of amides is 2. The molecule has 38 heavy (non-hydrogen) atoms. The van der Waals surface area contributed by atoms with Gasteiger partial charge in [0.15, 0.2) is 9.84 Å². The molecule has 0 bridgehead atoms. The molecule has 1 aromatic heterocycles. The van der Waals surface area contributed by atoms with Gasteiger partial charge in [-0.3, -0.25) is 9.59 Å². The van der Waals surface area contributed by atoms with Crippen LogP contribution in [0.4, 0.5) is 18.9 Å². The minimum absolute atomic E-state index is 0.0512. The lowest BCUT2D eigenvalue weighted by molar-refractivity contribution is -0.137. The molecule has 0 unspecified atom stereocenters. The summed E-state index contributed by atoms with van der Waals surface area (Å²) in [6, 6.07) is 11.9. The zero-order valence-electron chi connectivity index (χ0n) is 20.8. The average Bonchev–Trinajstić information content (AvgIpc) is 3.27. The van der Waals surface area contributed by atoms with Gasteiger partial charge in [0.25, 0.3) is 5.91 Å². The molecule has 1 saturated heterocycles. The van der Waals surface area contributed by atoms with Crippen LogP contribution in [0.15, 0.2) is 65.7 Å². The Hall–Kier alpha value is -3.64. The van der Waals surface area contributed by atoms with Crippen LogP contribution in [0.2, 0.25) is 0 Å². The molecule has 0 atom stereocenters. The predicted molar refractivity (Wildman–Crippen MR) is 136 cm³/mol. The second kappa shape index (κ2) is 10.6. The summed E-state index contributed by atoms with van der Waals surface area (Å²) in [6.07, 6.45) is -2.22. The highest BCUT2D eigenvalue weighted by atomic mass is 32.2. The van der Waals surface area contributed by atoms with Gasteiger partial charge in [-0.15, -0.1) is 0 Å². The van der Waals surface area contributed by atoms with Gasteiger partial charge in [-0.25, -0.2) is 8.42 Å². The Morgan fingerprint density at radius 3 is 2.21 bits per heavy atom. The summed E-state index contributed by atoms with van der Waals surface area (Å²) in [7, 11) is -1.48. The molecule has 3 aromatic rings. The van der Waals surface area contributed by atoms with Crippen LogP contribution in [-0.4, -0.2) is 74.1 Å². The molecule has 2 heterocycles. The number of benzene rings is 2. The molecule has 1 aliphatic heterocycles. The van der Waals surface area contributed by atoms with E-state index in [1.54, 1.807) is 4.90 Å². The molecule has 12 heteroatoms. The van der Waals surface area contributed by atoms with E-state index in [0.29, 0.717) is 31.9 Å². The van der Waals surface area contributed by atoms with Gasteiger partial charge in [-0.1, -0.05) is 18.2 Å². The molecule has 1 N–H and O–H groups in total. The van der Waals surface area contributed by atoms with Gasteiger partial charge in [0.1, 0.15) is 6.54 Å². The summed E-state index contributed by atoms with van der Waals surface area (Å²) in [5.74, 6) is -0.878. The fourth-order valence-electron chi connectivity index (χ4n) is 4.24. The van der Waals surface area contributed by atoms with Gasteiger partial charge < -0.3 is 19.7 Å². The van der Waals surface area contributed by atoms with Crippen molar-refractivity contribution in [2.75, 3.05) is 44.8 Å². The Bertz CT molecular complexity index is 1440. The van der Waals surface area contributed by atoms with Gasteiger partial charge >= 0.3 is 6.18 Å². The SMILES string of the molecule is CN1CCN(C(=O)Cn2cc(C(=O)Nc3ccc(S(C)(=O)=O)cc3)cc2-c2ccccc2C(F)(F)F)CC1. The van der Waals surface area contributed by atoms with Gasteiger partial charge in [0, 0.05) is 55.6 Å². The maximum Gasteiger partial charge on any atom is 0.417 e. The Labute approximate surface area is 218 Å². The molecule has 1 aliphatic rings. The number of anilines is 1. The van der Waals surface area contributed by atoms with Crippen molar-refractivity contribution < 1.29 is 31.2 Å². The molecule has 202 valence electrons. The van der Waals surface area contributed by atoms with E-state index in [2.05, 4.69) is 10.2 Å². The van der Waals surface area contributed by atoms with Crippen molar-refractivity contribution in [3.63, 3.8) is 0 Å². The van der Waals surface area contributed by atoms with E-state index in [0.717, 1.165) is 12.3 Å². The van der Waals surface area contributed by atoms with Crippen LogP contribution in [0.5, 0.6) is 0 Å². The van der Waals surface area contributed by atoms with E-state index in [4.69, 9.17) is 0 Å². The van der Waals surface area contributed by atoms with Crippen LogP contribution in [-0.2, 0) is 27.4 Å². The number of nitrogens with zero attached hydrogens (tertiary/aromatic N) is 3. The van der Waals surface area contributed by atoms with Gasteiger partial charge in [0.05, 0.1) is 16.0 Å². The van der Waals surface area contributed by atoms with E-state index in [1.165, 1.54) is 59.3 Å². The van der Waals surface area contributed by atoms with E-state index in [1.807, 2.05) is 7.05 Å². The quantitative estimate of drug-likeness (QED) is 0.508. The number of sulfone groups is 1. The van der Waals surface area contributed by atoms with Crippen LogP contribution in [0.3, 0.4) is 0 Å². The summed E-state index contributed by atoms with van der Waals surface area (Å²) in [5, 5.41) is 2.63. The summed E-state index contributed by atoms with van der Waals surface area (Å²) in [4.78, 5) is 29.9. The maximum absolute atomic E-state index is 13.8. The first-order chi connectivity index (χ1) is 17.8. The number of piperazine rings is 1. The summed E-state index contributed by atoms with van der Waals surface area (Å²) in [6.45, 7) is 2.14. The summed E-state index contributed by atoms with van der Waals surface area (Å²) < 4.78 is 66.2. The van der Waals surface area contributed by atoms with Crippen LogP contribution >= 0.6 is 0 Å². The maximum atomic E-state index is 13.8. The number of nitrogens with one attached hydrogen (secondary N) is 1.